The van der Waals surface area contributed by atoms with E-state index in [2.05, 4.69) is 17.6 Å². The van der Waals surface area contributed by atoms with Crippen molar-refractivity contribution in [1.82, 2.24) is 10.2 Å². The van der Waals surface area contributed by atoms with Crippen molar-refractivity contribution in [1.29, 1.82) is 0 Å². The molecule has 7 heteroatoms. The first-order valence-electron chi connectivity index (χ1n) is 11.7. The number of nitrogens with zero attached hydrogens (tertiary/aromatic N) is 2. The Labute approximate surface area is 191 Å². The van der Waals surface area contributed by atoms with Crippen LogP contribution in [0.4, 0.5) is 5.69 Å². The van der Waals surface area contributed by atoms with Crippen molar-refractivity contribution in [3.05, 3.63) is 48.4 Å². The minimum Gasteiger partial charge on any atom is -0.491 e. The summed E-state index contributed by atoms with van der Waals surface area (Å²) in [6, 6.07) is 12.0. The molecule has 2 N–H and O–H groups in total. The number of benzene rings is 1. The van der Waals surface area contributed by atoms with E-state index in [1.807, 2.05) is 55.1 Å². The van der Waals surface area contributed by atoms with Crippen molar-refractivity contribution in [2.45, 2.75) is 65.0 Å². The molecule has 1 aliphatic heterocycles. The van der Waals surface area contributed by atoms with Crippen molar-refractivity contribution in [2.75, 3.05) is 25.0 Å². The molecule has 2 aromatic rings. The predicted octanol–water partition coefficient (Wildman–Crippen LogP) is 4.46. The van der Waals surface area contributed by atoms with Gasteiger partial charge in [-0.1, -0.05) is 6.92 Å². The summed E-state index contributed by atoms with van der Waals surface area (Å²) in [7, 11) is 0. The summed E-state index contributed by atoms with van der Waals surface area (Å²) in [5.41, 5.74) is 0.937. The van der Waals surface area contributed by atoms with Gasteiger partial charge in [0.2, 0.25) is 5.91 Å². The highest BCUT2D eigenvalue weighted by molar-refractivity contribution is 5.93. The van der Waals surface area contributed by atoms with Crippen LogP contribution in [0.15, 0.2) is 52.1 Å². The number of amides is 1. The number of guanidine groups is 1. The zero-order valence-electron chi connectivity index (χ0n) is 19.5. The van der Waals surface area contributed by atoms with Crippen molar-refractivity contribution >= 4 is 17.6 Å². The third-order valence-corrected chi connectivity index (χ3v) is 5.49. The zero-order valence-corrected chi connectivity index (χ0v) is 19.5. The molecule has 32 heavy (non-hydrogen) atoms. The molecule has 1 unspecified atom stereocenters. The first-order valence-corrected chi connectivity index (χ1v) is 11.7. The zero-order chi connectivity index (χ0) is 22.8. The van der Waals surface area contributed by atoms with Gasteiger partial charge in [-0.25, -0.2) is 0 Å². The Bertz CT molecular complexity index is 847. The maximum absolute atomic E-state index is 12.1. The van der Waals surface area contributed by atoms with E-state index in [4.69, 9.17) is 14.1 Å². The summed E-state index contributed by atoms with van der Waals surface area (Å²) in [6.07, 6.45) is 6.06. The number of carbonyl (C=O) groups excluding carboxylic acids is 1. The second-order valence-corrected chi connectivity index (χ2v) is 8.34. The fraction of sp³-hybridized carbons (Fsp3) is 0.520. The summed E-state index contributed by atoms with van der Waals surface area (Å²) in [5, 5.41) is 6.77. The number of rotatable bonds is 11. The van der Waals surface area contributed by atoms with Crippen LogP contribution in [0, 0.1) is 0 Å². The third-order valence-electron chi connectivity index (χ3n) is 5.49. The van der Waals surface area contributed by atoms with Crippen LogP contribution in [0.5, 0.6) is 5.75 Å². The van der Waals surface area contributed by atoms with Gasteiger partial charge in [0, 0.05) is 44.2 Å². The average Bonchev–Trinajstić information content (AvgIpc) is 3.44. The van der Waals surface area contributed by atoms with Crippen LogP contribution in [0.25, 0.3) is 0 Å². The van der Waals surface area contributed by atoms with E-state index in [0.717, 1.165) is 55.4 Å². The number of carbonyl (C=O) groups is 1. The monoisotopic (exact) mass is 440 g/mol. The Balaban J connectivity index is 1.60. The highest BCUT2D eigenvalue weighted by Crippen LogP contribution is 2.19. The van der Waals surface area contributed by atoms with E-state index in [0.29, 0.717) is 19.5 Å². The summed E-state index contributed by atoms with van der Waals surface area (Å²) in [4.78, 5) is 18.9. The van der Waals surface area contributed by atoms with Crippen molar-refractivity contribution < 1.29 is 13.9 Å². The molecule has 0 saturated carbocycles. The Morgan fingerprint density at radius 3 is 2.69 bits per heavy atom. The molecule has 2 heterocycles. The van der Waals surface area contributed by atoms with Crippen LogP contribution >= 0.6 is 0 Å². The van der Waals surface area contributed by atoms with Gasteiger partial charge in [0.05, 0.1) is 12.4 Å². The number of aliphatic imine (C=N–C) groups is 1. The smallest absolute Gasteiger partial charge is 0.222 e. The quantitative estimate of drug-likeness (QED) is 0.398. The summed E-state index contributed by atoms with van der Waals surface area (Å²) in [6.45, 7) is 8.39. The van der Waals surface area contributed by atoms with Gasteiger partial charge in [0.15, 0.2) is 5.96 Å². The highest BCUT2D eigenvalue weighted by atomic mass is 16.5. The van der Waals surface area contributed by atoms with Gasteiger partial charge >= 0.3 is 0 Å². The van der Waals surface area contributed by atoms with Crippen LogP contribution in [0.2, 0.25) is 0 Å². The number of nitrogens with one attached hydrogen (secondary N) is 2. The molecule has 1 aliphatic rings. The van der Waals surface area contributed by atoms with Gasteiger partial charge in [-0.05, 0) is 69.5 Å². The molecule has 1 amide bonds. The van der Waals surface area contributed by atoms with Crippen LogP contribution in [0.1, 0.15) is 52.2 Å². The van der Waals surface area contributed by atoms with E-state index in [9.17, 15) is 4.79 Å². The van der Waals surface area contributed by atoms with Crippen LogP contribution in [-0.4, -0.2) is 48.5 Å². The van der Waals surface area contributed by atoms with Crippen molar-refractivity contribution in [2.24, 2.45) is 4.99 Å². The molecule has 0 aliphatic carbocycles. The molecular formula is C25H36N4O3. The van der Waals surface area contributed by atoms with Gasteiger partial charge in [-0.15, -0.1) is 0 Å². The van der Waals surface area contributed by atoms with E-state index >= 15 is 0 Å². The molecule has 174 valence electrons. The van der Waals surface area contributed by atoms with Crippen LogP contribution in [0.3, 0.4) is 0 Å². The van der Waals surface area contributed by atoms with Gasteiger partial charge in [0.25, 0.3) is 0 Å². The predicted molar refractivity (Wildman–Crippen MR) is 128 cm³/mol. The first kappa shape index (κ1) is 23.7. The molecule has 1 atom stereocenters. The molecular weight excluding hydrogens is 404 g/mol. The fourth-order valence-corrected chi connectivity index (χ4v) is 3.89. The van der Waals surface area contributed by atoms with Gasteiger partial charge < -0.3 is 24.7 Å². The van der Waals surface area contributed by atoms with Crippen molar-refractivity contribution in [3.63, 3.8) is 0 Å². The van der Waals surface area contributed by atoms with Crippen LogP contribution in [-0.2, 0) is 11.2 Å². The summed E-state index contributed by atoms with van der Waals surface area (Å²) < 4.78 is 11.1. The molecule has 0 bridgehead atoms. The number of likely N-dealkylation sites (tertiary alicyclic amines) is 1. The van der Waals surface area contributed by atoms with Gasteiger partial charge in [0.1, 0.15) is 11.5 Å². The number of ether oxygens (including phenoxy) is 1. The van der Waals surface area contributed by atoms with Crippen molar-refractivity contribution in [3.8, 4) is 5.75 Å². The highest BCUT2D eigenvalue weighted by Gasteiger charge is 2.26. The maximum atomic E-state index is 12.1. The SMILES string of the molecule is CCC(CCN=C(NCCc1ccco1)Nc1ccc(OC(C)C)cc1)N1CCCC1=O. The molecule has 1 aromatic carbocycles. The number of hydrogen-bond donors (Lipinski definition) is 2. The second-order valence-electron chi connectivity index (χ2n) is 8.34. The Morgan fingerprint density at radius 2 is 2.06 bits per heavy atom. The average molecular weight is 441 g/mol. The van der Waals surface area contributed by atoms with Gasteiger partial charge in [-0.2, -0.15) is 0 Å². The normalized spacial score (nSPS) is 15.3. The number of hydrogen-bond acceptors (Lipinski definition) is 4. The lowest BCUT2D eigenvalue weighted by atomic mass is 10.1. The van der Waals surface area contributed by atoms with E-state index in [-0.39, 0.29) is 18.1 Å². The summed E-state index contributed by atoms with van der Waals surface area (Å²) in [5.74, 6) is 2.78. The third kappa shape index (κ3) is 7.32. The topological polar surface area (TPSA) is 79.1 Å². The van der Waals surface area contributed by atoms with E-state index in [1.165, 1.54) is 0 Å². The standard InChI is InChI=1S/C25H36N4O3/c1-4-21(29-17-5-8-24(29)30)13-15-26-25(27-16-14-22-7-6-18-31-22)28-20-9-11-23(12-10-20)32-19(2)3/h6-7,9-12,18-19,21H,4-5,8,13-17H2,1-3H3,(H2,26,27,28). The lowest BCUT2D eigenvalue weighted by molar-refractivity contribution is -0.129. The van der Waals surface area contributed by atoms with Crippen LogP contribution < -0.4 is 15.4 Å². The lowest BCUT2D eigenvalue weighted by Crippen LogP contribution is -2.37. The second kappa shape index (κ2) is 12.2. The Hall–Kier alpha value is -2.96. The molecule has 1 aromatic heterocycles. The molecule has 1 saturated heterocycles. The maximum Gasteiger partial charge on any atom is 0.222 e. The lowest BCUT2D eigenvalue weighted by Gasteiger charge is -2.26. The molecule has 1 fully saturated rings. The Kier molecular flexibility index (Phi) is 9.01. The largest absolute Gasteiger partial charge is 0.491 e. The molecule has 0 radical (unpaired) electrons. The fourth-order valence-electron chi connectivity index (χ4n) is 3.89. The first-order chi connectivity index (χ1) is 15.5. The van der Waals surface area contributed by atoms with E-state index < -0.39 is 0 Å². The van der Waals surface area contributed by atoms with Gasteiger partial charge in [-0.3, -0.25) is 9.79 Å². The summed E-state index contributed by atoms with van der Waals surface area (Å²) >= 11 is 0. The molecule has 3 rings (SSSR count). The molecule has 0 spiro atoms. The molecule has 7 nitrogen and oxygen atoms in total. The van der Waals surface area contributed by atoms with E-state index in [1.54, 1.807) is 6.26 Å². The minimum atomic E-state index is 0.142. The Morgan fingerprint density at radius 1 is 1.25 bits per heavy atom. The number of furan rings is 1. The number of anilines is 1. The minimum absolute atomic E-state index is 0.142.